The maximum Gasteiger partial charge on any atom is 0.416 e. The summed E-state index contributed by atoms with van der Waals surface area (Å²) in [5.74, 6) is -0.999. The number of hydrogen-bond acceptors (Lipinski definition) is 3. The van der Waals surface area contributed by atoms with Gasteiger partial charge in [-0.1, -0.05) is 24.3 Å². The van der Waals surface area contributed by atoms with Crippen LogP contribution >= 0.6 is 0 Å². The Morgan fingerprint density at radius 2 is 1.29 bits per heavy atom. The minimum absolute atomic E-state index is 0.175. The first-order chi connectivity index (χ1) is 14.4. The molecule has 1 aliphatic heterocycles. The van der Waals surface area contributed by atoms with Crippen LogP contribution in [0.4, 0.5) is 26.3 Å². The molecule has 0 spiro atoms. The largest absolute Gasteiger partial charge is 0.480 e. The van der Waals surface area contributed by atoms with Crippen molar-refractivity contribution in [3.63, 3.8) is 0 Å². The molecule has 1 N–H and O–H groups in total. The average molecular weight is 446 g/mol. The van der Waals surface area contributed by atoms with Gasteiger partial charge in [-0.2, -0.15) is 26.3 Å². The molecule has 0 saturated carbocycles. The number of hydrogen-bond donors (Lipinski definition) is 1. The molecule has 10 heteroatoms. The van der Waals surface area contributed by atoms with Crippen LogP contribution in [0.3, 0.4) is 0 Å². The molecule has 0 amide bonds. The quantitative estimate of drug-likeness (QED) is 0.687. The molecule has 168 valence electrons. The molecule has 4 nitrogen and oxygen atoms in total. The molecule has 0 aliphatic carbocycles. The predicted octanol–water partition coefficient (Wildman–Crippen LogP) is 4.52. The number of alkyl halides is 6. The second-order valence-corrected chi connectivity index (χ2v) is 7.35. The minimum Gasteiger partial charge on any atom is -0.480 e. The van der Waals surface area contributed by atoms with E-state index in [9.17, 15) is 31.1 Å². The number of rotatable bonds is 5. The molecule has 1 aliphatic rings. The second kappa shape index (κ2) is 8.88. The van der Waals surface area contributed by atoms with Gasteiger partial charge < -0.3 is 5.11 Å². The third-order valence-corrected chi connectivity index (χ3v) is 5.19. The van der Waals surface area contributed by atoms with Crippen molar-refractivity contribution in [2.45, 2.75) is 18.4 Å². The van der Waals surface area contributed by atoms with Crippen molar-refractivity contribution in [3.05, 3.63) is 70.8 Å². The zero-order valence-electron chi connectivity index (χ0n) is 16.2. The number of carbonyl (C=O) groups is 1. The molecule has 31 heavy (non-hydrogen) atoms. The lowest BCUT2D eigenvalue weighted by molar-refractivity contribution is -0.139. The van der Waals surface area contributed by atoms with Gasteiger partial charge in [-0.05, 0) is 35.4 Å². The Bertz CT molecular complexity index is 863. The van der Waals surface area contributed by atoms with E-state index in [2.05, 4.69) is 0 Å². The summed E-state index contributed by atoms with van der Waals surface area (Å²) in [6.45, 7) is 1.09. The highest BCUT2D eigenvalue weighted by Crippen LogP contribution is 2.37. The number of carboxylic acids is 1. The van der Waals surface area contributed by atoms with E-state index in [0.29, 0.717) is 26.2 Å². The maximum atomic E-state index is 13.2. The molecule has 0 bridgehead atoms. The van der Waals surface area contributed by atoms with Crippen molar-refractivity contribution in [2.75, 3.05) is 32.7 Å². The number of aliphatic carboxylic acids is 1. The van der Waals surface area contributed by atoms with Gasteiger partial charge in [0.05, 0.1) is 23.7 Å². The average Bonchev–Trinajstić information content (AvgIpc) is 2.68. The first-order valence-corrected chi connectivity index (χ1v) is 9.47. The summed E-state index contributed by atoms with van der Waals surface area (Å²) >= 11 is 0. The molecular weight excluding hydrogens is 426 g/mol. The minimum atomic E-state index is -4.59. The first-order valence-electron chi connectivity index (χ1n) is 9.47. The zero-order chi connectivity index (χ0) is 22.8. The summed E-state index contributed by atoms with van der Waals surface area (Å²) in [5.41, 5.74) is -1.32. The first kappa shape index (κ1) is 23.1. The Kier molecular flexibility index (Phi) is 6.61. The van der Waals surface area contributed by atoms with Crippen molar-refractivity contribution in [1.82, 2.24) is 9.80 Å². The molecule has 1 saturated heterocycles. The van der Waals surface area contributed by atoms with Gasteiger partial charge in [0.1, 0.15) is 0 Å². The van der Waals surface area contributed by atoms with Gasteiger partial charge in [0.15, 0.2) is 0 Å². The van der Waals surface area contributed by atoms with Crippen LogP contribution in [0.25, 0.3) is 0 Å². The summed E-state index contributed by atoms with van der Waals surface area (Å²) in [6, 6.07) is 8.29. The fraction of sp³-hybridized carbons (Fsp3) is 0.381. The molecular formula is C21H20F6N2O2. The van der Waals surface area contributed by atoms with Crippen molar-refractivity contribution < 1.29 is 36.2 Å². The zero-order valence-corrected chi connectivity index (χ0v) is 16.2. The van der Waals surface area contributed by atoms with E-state index in [4.69, 9.17) is 5.11 Å². The van der Waals surface area contributed by atoms with Crippen molar-refractivity contribution in [2.24, 2.45) is 0 Å². The smallest absolute Gasteiger partial charge is 0.416 e. The standard InChI is InChI=1S/C21H20F6N2O2/c22-20(23,24)16-5-1-3-14(11-16)19(15-4-2-6-17(12-15)21(25,26)27)29-9-7-28(8-10-29)13-18(30)31/h1-6,11-12,19H,7-10,13H2,(H,30,31). The van der Waals surface area contributed by atoms with E-state index in [1.54, 1.807) is 9.80 Å². The van der Waals surface area contributed by atoms with Crippen LogP contribution in [0, 0.1) is 0 Å². The predicted molar refractivity (Wildman–Crippen MR) is 100 cm³/mol. The van der Waals surface area contributed by atoms with E-state index in [1.165, 1.54) is 24.3 Å². The Labute approximate surface area is 174 Å². The summed E-state index contributed by atoms with van der Waals surface area (Å²) in [4.78, 5) is 14.4. The highest BCUT2D eigenvalue weighted by molar-refractivity contribution is 5.69. The van der Waals surface area contributed by atoms with Crippen LogP contribution in [-0.4, -0.2) is 53.6 Å². The van der Waals surface area contributed by atoms with E-state index in [0.717, 1.165) is 24.3 Å². The van der Waals surface area contributed by atoms with Crippen LogP contribution in [0.1, 0.15) is 28.3 Å². The molecule has 1 fully saturated rings. The van der Waals surface area contributed by atoms with Crippen LogP contribution in [-0.2, 0) is 17.1 Å². The normalized spacial score (nSPS) is 16.6. The van der Waals surface area contributed by atoms with Gasteiger partial charge in [0.2, 0.25) is 0 Å². The van der Waals surface area contributed by atoms with Gasteiger partial charge in [0.25, 0.3) is 0 Å². The maximum absolute atomic E-state index is 13.2. The van der Waals surface area contributed by atoms with E-state index < -0.39 is 35.5 Å². The number of halogens is 6. The van der Waals surface area contributed by atoms with Gasteiger partial charge >= 0.3 is 18.3 Å². The van der Waals surface area contributed by atoms with Crippen molar-refractivity contribution in [1.29, 1.82) is 0 Å². The summed E-state index contributed by atoms with van der Waals surface area (Å²) in [5, 5.41) is 8.94. The molecule has 3 rings (SSSR count). The number of nitrogens with zero attached hydrogens (tertiary/aromatic N) is 2. The van der Waals surface area contributed by atoms with Crippen molar-refractivity contribution in [3.8, 4) is 0 Å². The Balaban J connectivity index is 1.99. The molecule has 0 unspecified atom stereocenters. The van der Waals surface area contributed by atoms with E-state index in [-0.39, 0.29) is 17.7 Å². The topological polar surface area (TPSA) is 43.8 Å². The highest BCUT2D eigenvalue weighted by Gasteiger charge is 2.35. The fourth-order valence-electron chi connectivity index (χ4n) is 3.76. The lowest BCUT2D eigenvalue weighted by atomic mass is 9.93. The second-order valence-electron chi connectivity index (χ2n) is 7.35. The van der Waals surface area contributed by atoms with Gasteiger partial charge in [-0.25, -0.2) is 0 Å². The Morgan fingerprint density at radius 1 is 0.839 bits per heavy atom. The fourth-order valence-corrected chi connectivity index (χ4v) is 3.76. The Hall–Kier alpha value is -2.59. The molecule has 2 aromatic rings. The highest BCUT2D eigenvalue weighted by atomic mass is 19.4. The Morgan fingerprint density at radius 3 is 1.68 bits per heavy atom. The molecule has 0 radical (unpaired) electrons. The number of piperazine rings is 1. The van der Waals surface area contributed by atoms with E-state index in [1.807, 2.05) is 0 Å². The third-order valence-electron chi connectivity index (χ3n) is 5.19. The van der Waals surface area contributed by atoms with Gasteiger partial charge in [-0.15, -0.1) is 0 Å². The lowest BCUT2D eigenvalue weighted by Crippen LogP contribution is -2.49. The lowest BCUT2D eigenvalue weighted by Gasteiger charge is -2.39. The van der Waals surface area contributed by atoms with Crippen molar-refractivity contribution >= 4 is 5.97 Å². The number of carboxylic acid groups (broad SMARTS) is 1. The van der Waals surface area contributed by atoms with Crippen LogP contribution in [0.15, 0.2) is 48.5 Å². The number of benzene rings is 2. The SMILES string of the molecule is O=C(O)CN1CCN(C(c2cccc(C(F)(F)F)c2)c2cccc(C(F)(F)F)c2)CC1. The summed E-state index contributed by atoms with van der Waals surface area (Å²) < 4.78 is 79.5. The van der Waals surface area contributed by atoms with Crippen LogP contribution < -0.4 is 0 Å². The van der Waals surface area contributed by atoms with E-state index >= 15 is 0 Å². The summed E-state index contributed by atoms with van der Waals surface area (Å²) in [7, 11) is 0. The summed E-state index contributed by atoms with van der Waals surface area (Å²) in [6.07, 6.45) is -9.18. The molecule has 2 aromatic carbocycles. The van der Waals surface area contributed by atoms with Gasteiger partial charge in [-0.3, -0.25) is 14.6 Å². The monoisotopic (exact) mass is 446 g/mol. The van der Waals surface area contributed by atoms with Crippen LogP contribution in [0.5, 0.6) is 0 Å². The van der Waals surface area contributed by atoms with Crippen LogP contribution in [0.2, 0.25) is 0 Å². The molecule has 0 atom stereocenters. The molecule has 1 heterocycles. The molecule has 0 aromatic heterocycles. The van der Waals surface area contributed by atoms with Gasteiger partial charge in [0, 0.05) is 26.2 Å². The third kappa shape index (κ3) is 5.76.